The molecule has 0 spiro atoms. The summed E-state index contributed by atoms with van der Waals surface area (Å²) in [5.74, 6) is -1.81. The molecule has 2 aliphatic rings. The minimum atomic E-state index is -0.659. The van der Waals surface area contributed by atoms with Crippen molar-refractivity contribution in [1.82, 2.24) is 0 Å². The summed E-state index contributed by atoms with van der Waals surface area (Å²) >= 11 is 0. The Bertz CT molecular complexity index is 937. The lowest BCUT2D eigenvalue weighted by atomic mass is 9.96. The minimum absolute atomic E-state index is 0.0294. The van der Waals surface area contributed by atoms with Crippen LogP contribution >= 0.6 is 0 Å². The van der Waals surface area contributed by atoms with Crippen LogP contribution in [0.2, 0.25) is 0 Å². The van der Waals surface area contributed by atoms with Crippen molar-refractivity contribution < 1.29 is 19.8 Å². The zero-order valence-electron chi connectivity index (χ0n) is 11.0. The van der Waals surface area contributed by atoms with Gasteiger partial charge in [-0.1, -0.05) is 0 Å². The van der Waals surface area contributed by atoms with Crippen LogP contribution in [0.1, 0.15) is 0 Å². The number of allylic oxidation sites excluding steroid dienone is 6. The topological polar surface area (TPSA) is 109 Å². The monoisotopic (exact) mass is 296 g/mol. The molecular formula is C16H8O6. The first-order valence-electron chi connectivity index (χ1n) is 6.24. The highest BCUT2D eigenvalue weighted by Crippen LogP contribution is 2.13. The van der Waals surface area contributed by atoms with Crippen molar-refractivity contribution in [1.29, 1.82) is 0 Å². The zero-order valence-corrected chi connectivity index (χ0v) is 11.0. The number of rotatable bonds is 0. The van der Waals surface area contributed by atoms with E-state index in [9.17, 15) is 29.4 Å². The van der Waals surface area contributed by atoms with Crippen LogP contribution in [-0.2, 0) is 9.59 Å². The molecule has 0 aromatic heterocycles. The Labute approximate surface area is 122 Å². The van der Waals surface area contributed by atoms with Crippen LogP contribution in [0.4, 0.5) is 0 Å². The lowest BCUT2D eigenvalue weighted by molar-refractivity contribution is -0.111. The van der Waals surface area contributed by atoms with E-state index < -0.39 is 33.9 Å². The van der Waals surface area contributed by atoms with Gasteiger partial charge in [-0.2, -0.15) is 0 Å². The van der Waals surface area contributed by atoms with Crippen molar-refractivity contribution in [3.05, 3.63) is 78.9 Å². The van der Waals surface area contributed by atoms with Crippen LogP contribution in [-0.4, -0.2) is 21.8 Å². The summed E-state index contributed by atoms with van der Waals surface area (Å²) < 4.78 is 0. The van der Waals surface area contributed by atoms with E-state index in [4.69, 9.17) is 0 Å². The molecule has 0 saturated carbocycles. The van der Waals surface area contributed by atoms with E-state index in [1.165, 1.54) is 12.2 Å². The van der Waals surface area contributed by atoms with Crippen molar-refractivity contribution in [2.45, 2.75) is 0 Å². The summed E-state index contributed by atoms with van der Waals surface area (Å²) in [4.78, 5) is 46.5. The first kappa shape index (κ1) is 13.7. The third-order valence-electron chi connectivity index (χ3n) is 3.39. The number of carbonyl (C=O) groups excluding carboxylic acids is 2. The van der Waals surface area contributed by atoms with Gasteiger partial charge in [0.1, 0.15) is 11.5 Å². The quantitative estimate of drug-likeness (QED) is 0.619. The van der Waals surface area contributed by atoms with E-state index in [2.05, 4.69) is 0 Å². The fraction of sp³-hybridized carbons (Fsp3) is 0. The molecule has 0 saturated heterocycles. The molecule has 6 heteroatoms. The van der Waals surface area contributed by atoms with Gasteiger partial charge in [0.05, 0.1) is 10.4 Å². The first-order valence-corrected chi connectivity index (χ1v) is 6.24. The SMILES string of the molecule is O=C1C=CC(=c2c(=O)c(=C3C=CC(=O)C=C3O)c2=O)C(O)=C1. The molecule has 0 aliphatic heterocycles. The molecule has 0 heterocycles. The van der Waals surface area contributed by atoms with Gasteiger partial charge in [0.25, 0.3) is 0 Å². The Morgan fingerprint density at radius 3 is 1.27 bits per heavy atom. The minimum Gasteiger partial charge on any atom is -0.507 e. The number of carbonyl (C=O) groups is 2. The molecule has 2 aliphatic carbocycles. The van der Waals surface area contributed by atoms with Crippen LogP contribution in [0.15, 0.2) is 57.6 Å². The summed E-state index contributed by atoms with van der Waals surface area (Å²) in [6, 6.07) is 0. The maximum atomic E-state index is 12.2. The van der Waals surface area contributed by atoms with E-state index in [0.29, 0.717) is 0 Å². The van der Waals surface area contributed by atoms with Crippen LogP contribution < -0.4 is 21.3 Å². The predicted molar refractivity (Wildman–Crippen MR) is 77.1 cm³/mol. The Morgan fingerprint density at radius 1 is 0.591 bits per heavy atom. The number of ketones is 2. The Kier molecular flexibility index (Phi) is 2.88. The molecule has 0 atom stereocenters. The number of aliphatic hydroxyl groups excluding tert-OH is 2. The second-order valence-corrected chi connectivity index (χ2v) is 4.77. The first-order chi connectivity index (χ1) is 10.4. The van der Waals surface area contributed by atoms with E-state index in [1.807, 2.05) is 0 Å². The van der Waals surface area contributed by atoms with Crippen LogP contribution in [0.25, 0.3) is 11.1 Å². The predicted octanol–water partition coefficient (Wildman–Crippen LogP) is -1.25. The smallest absolute Gasteiger partial charge is 0.202 e. The van der Waals surface area contributed by atoms with E-state index in [1.54, 1.807) is 0 Å². The van der Waals surface area contributed by atoms with Crippen molar-refractivity contribution in [3.8, 4) is 0 Å². The summed E-state index contributed by atoms with van der Waals surface area (Å²) in [7, 11) is 0. The molecule has 0 fully saturated rings. The van der Waals surface area contributed by atoms with Gasteiger partial charge in [-0.3, -0.25) is 19.2 Å². The molecular weight excluding hydrogens is 288 g/mol. The zero-order chi connectivity index (χ0) is 16.0. The van der Waals surface area contributed by atoms with Gasteiger partial charge < -0.3 is 10.2 Å². The maximum Gasteiger partial charge on any atom is 0.202 e. The molecule has 0 unspecified atom stereocenters. The third-order valence-corrected chi connectivity index (χ3v) is 3.39. The van der Waals surface area contributed by atoms with E-state index >= 15 is 0 Å². The van der Waals surface area contributed by atoms with Gasteiger partial charge in [0.2, 0.25) is 10.9 Å². The Balaban J connectivity index is 2.33. The van der Waals surface area contributed by atoms with Crippen molar-refractivity contribution in [2.75, 3.05) is 0 Å². The molecule has 0 radical (unpaired) electrons. The molecule has 0 bridgehead atoms. The largest absolute Gasteiger partial charge is 0.507 e. The Hall–Kier alpha value is -3.28. The van der Waals surface area contributed by atoms with Crippen molar-refractivity contribution in [2.24, 2.45) is 0 Å². The fourth-order valence-corrected chi connectivity index (χ4v) is 2.33. The third kappa shape index (κ3) is 1.89. The molecule has 6 nitrogen and oxygen atoms in total. The number of hydrogen-bond donors (Lipinski definition) is 2. The van der Waals surface area contributed by atoms with Crippen LogP contribution in [0.5, 0.6) is 0 Å². The number of hydrogen-bond acceptors (Lipinski definition) is 6. The van der Waals surface area contributed by atoms with Crippen LogP contribution in [0, 0.1) is 0 Å². The van der Waals surface area contributed by atoms with Crippen molar-refractivity contribution in [3.63, 3.8) is 0 Å². The average Bonchev–Trinajstić information content (AvgIpc) is 2.45. The van der Waals surface area contributed by atoms with E-state index in [0.717, 1.165) is 24.3 Å². The van der Waals surface area contributed by atoms with Gasteiger partial charge in [0, 0.05) is 23.3 Å². The molecule has 2 N–H and O–H groups in total. The van der Waals surface area contributed by atoms with Gasteiger partial charge in [-0.25, -0.2) is 0 Å². The number of aliphatic hydroxyl groups is 2. The maximum absolute atomic E-state index is 12.2. The lowest BCUT2D eigenvalue weighted by Gasteiger charge is -2.08. The van der Waals surface area contributed by atoms with Gasteiger partial charge in [-0.15, -0.1) is 0 Å². The van der Waals surface area contributed by atoms with E-state index in [-0.39, 0.29) is 21.6 Å². The summed E-state index contributed by atoms with van der Waals surface area (Å²) in [6.45, 7) is 0. The second kappa shape index (κ2) is 4.63. The van der Waals surface area contributed by atoms with Crippen LogP contribution in [0.3, 0.4) is 0 Å². The molecule has 0 amide bonds. The summed E-state index contributed by atoms with van der Waals surface area (Å²) in [5.41, 5.74) is -1.38. The molecule has 22 heavy (non-hydrogen) atoms. The van der Waals surface area contributed by atoms with Gasteiger partial charge in [-0.05, 0) is 24.3 Å². The van der Waals surface area contributed by atoms with Gasteiger partial charge >= 0.3 is 0 Å². The standard InChI is InChI=1S/C16H8O6/c17-7-1-3-9(11(19)5-7)13-15(21)14(16(13)22)10-4-2-8(18)6-12(10)20/h1-6,19-20H. The highest BCUT2D eigenvalue weighted by Gasteiger charge is 2.21. The van der Waals surface area contributed by atoms with Crippen molar-refractivity contribution >= 4 is 22.7 Å². The summed E-state index contributed by atoms with van der Waals surface area (Å²) in [6.07, 6.45) is 6.46. The lowest BCUT2D eigenvalue weighted by Crippen LogP contribution is -2.66. The molecule has 1 aromatic rings. The molecule has 1 aromatic carbocycles. The average molecular weight is 296 g/mol. The summed E-state index contributed by atoms with van der Waals surface area (Å²) in [5, 5.41) is 18.9. The van der Waals surface area contributed by atoms with Gasteiger partial charge in [0.15, 0.2) is 11.6 Å². The highest BCUT2D eigenvalue weighted by atomic mass is 16.3. The second-order valence-electron chi connectivity index (χ2n) is 4.77. The Morgan fingerprint density at radius 2 is 0.955 bits per heavy atom. The molecule has 3 rings (SSSR count). The fourth-order valence-electron chi connectivity index (χ4n) is 2.33. The molecule has 108 valence electrons. The highest BCUT2D eigenvalue weighted by molar-refractivity contribution is 6.06. The normalized spacial score (nSPS) is 18.0.